The molecule has 2 radical (unpaired) electrons. The van der Waals surface area contributed by atoms with Gasteiger partial charge in [0.15, 0.2) is 0 Å². The van der Waals surface area contributed by atoms with Crippen molar-refractivity contribution in [2.24, 2.45) is 0 Å². The summed E-state index contributed by atoms with van der Waals surface area (Å²) in [6, 6.07) is 0. The molecule has 0 bridgehead atoms. The maximum absolute atomic E-state index is 2.36. The molecule has 0 N–H and O–H groups in total. The summed E-state index contributed by atoms with van der Waals surface area (Å²) in [7, 11) is 0. The number of rotatable bonds is 0. The number of hydrogen-bond acceptors (Lipinski definition) is 0. The first-order chi connectivity index (χ1) is 2.50. The van der Waals surface area contributed by atoms with Gasteiger partial charge in [-0.3, -0.25) is 0 Å². The van der Waals surface area contributed by atoms with Crippen molar-refractivity contribution in [1.82, 2.24) is 0 Å². The quantitative estimate of drug-likeness (QED) is 0.426. The second-order valence-corrected chi connectivity index (χ2v) is 3.75. The van der Waals surface area contributed by atoms with Crippen LogP contribution in [-0.2, 0) is 0 Å². The molecule has 0 aromatic carbocycles. The SMILES string of the molecule is C1=[CH][Ge][CH2]C1. The van der Waals surface area contributed by atoms with Crippen LogP contribution < -0.4 is 0 Å². The van der Waals surface area contributed by atoms with Crippen LogP contribution in [0, 0.1) is 0 Å². The first-order valence-electron chi connectivity index (χ1n) is 1.88. The van der Waals surface area contributed by atoms with Gasteiger partial charge < -0.3 is 0 Å². The Balaban J connectivity index is 2.32. The predicted molar refractivity (Wildman–Crippen MR) is 24.3 cm³/mol. The maximum atomic E-state index is 2.36. The van der Waals surface area contributed by atoms with Crippen LogP contribution in [0.1, 0.15) is 6.42 Å². The van der Waals surface area contributed by atoms with Gasteiger partial charge in [0.05, 0.1) is 0 Å². The minimum absolute atomic E-state index is 0.458. The third-order valence-electron chi connectivity index (χ3n) is 0.691. The fourth-order valence-corrected chi connectivity index (χ4v) is 2.17. The van der Waals surface area contributed by atoms with Gasteiger partial charge in [0.1, 0.15) is 0 Å². The van der Waals surface area contributed by atoms with Crippen molar-refractivity contribution in [2.75, 3.05) is 0 Å². The van der Waals surface area contributed by atoms with Gasteiger partial charge in [0, 0.05) is 0 Å². The fraction of sp³-hybridized carbons (Fsp3) is 0.500. The van der Waals surface area contributed by atoms with E-state index in [1.807, 2.05) is 0 Å². The fourth-order valence-electron chi connectivity index (χ4n) is 0.417. The Morgan fingerprint density at radius 3 is 2.80 bits per heavy atom. The molecule has 0 unspecified atom stereocenters. The Labute approximate surface area is 38.7 Å². The van der Waals surface area contributed by atoms with Crippen LogP contribution in [0.15, 0.2) is 11.0 Å². The molecule has 1 heterocycles. The summed E-state index contributed by atoms with van der Waals surface area (Å²) < 4.78 is 0. The van der Waals surface area contributed by atoms with Crippen molar-refractivity contribution in [3.05, 3.63) is 11.0 Å². The van der Waals surface area contributed by atoms with Crippen molar-refractivity contribution >= 4 is 15.4 Å². The van der Waals surface area contributed by atoms with Crippen molar-refractivity contribution in [2.45, 2.75) is 11.7 Å². The van der Waals surface area contributed by atoms with Gasteiger partial charge in [0.2, 0.25) is 0 Å². The molecular formula is C4H6Ge. The molecule has 0 fully saturated rings. The van der Waals surface area contributed by atoms with Gasteiger partial charge in [-0.1, -0.05) is 0 Å². The van der Waals surface area contributed by atoms with Crippen molar-refractivity contribution in [3.63, 3.8) is 0 Å². The third-order valence-corrected chi connectivity index (χ3v) is 2.89. The van der Waals surface area contributed by atoms with Crippen LogP contribution in [0.3, 0.4) is 0 Å². The van der Waals surface area contributed by atoms with Crippen LogP contribution in [0.4, 0.5) is 0 Å². The summed E-state index contributed by atoms with van der Waals surface area (Å²) in [5.74, 6) is 0. The Bertz CT molecular complexity index is 41.6. The van der Waals surface area contributed by atoms with Gasteiger partial charge in [0.25, 0.3) is 0 Å². The van der Waals surface area contributed by atoms with Gasteiger partial charge in [-0.05, 0) is 0 Å². The molecule has 0 aromatic rings. The van der Waals surface area contributed by atoms with E-state index in [1.54, 1.807) is 0 Å². The Hall–Kier alpha value is 0.283. The van der Waals surface area contributed by atoms with Crippen molar-refractivity contribution in [1.29, 1.82) is 0 Å². The van der Waals surface area contributed by atoms with E-state index < -0.39 is 0 Å². The molecule has 5 heavy (non-hydrogen) atoms. The summed E-state index contributed by atoms with van der Waals surface area (Å²) in [6.07, 6.45) is 3.67. The summed E-state index contributed by atoms with van der Waals surface area (Å²) in [5, 5.41) is 1.51. The minimum atomic E-state index is 0.458. The monoisotopic (exact) mass is 128 g/mol. The van der Waals surface area contributed by atoms with E-state index >= 15 is 0 Å². The zero-order valence-electron chi connectivity index (χ0n) is 3.07. The summed E-state index contributed by atoms with van der Waals surface area (Å²) in [6.45, 7) is 0. The molecule has 1 aliphatic rings. The molecule has 0 saturated carbocycles. The molecule has 0 spiro atoms. The molecule has 0 saturated heterocycles. The first kappa shape index (κ1) is 3.47. The molecule has 26 valence electrons. The molecule has 0 nitrogen and oxygen atoms in total. The van der Waals surface area contributed by atoms with E-state index in [9.17, 15) is 0 Å². The first-order valence-corrected chi connectivity index (χ1v) is 4.58. The van der Waals surface area contributed by atoms with Crippen LogP contribution in [0.2, 0.25) is 5.25 Å². The number of hydrogen-bond donors (Lipinski definition) is 0. The molecule has 1 aliphatic heterocycles. The van der Waals surface area contributed by atoms with E-state index in [1.165, 1.54) is 11.7 Å². The third kappa shape index (κ3) is 0.800. The zero-order chi connectivity index (χ0) is 3.54. The van der Waals surface area contributed by atoms with E-state index in [2.05, 4.69) is 11.0 Å². The Morgan fingerprint density at radius 2 is 2.60 bits per heavy atom. The standard InChI is InChI=1S/C4H6Ge/c1-2-4-5-3-1/h1,3H,2,4H2. The van der Waals surface area contributed by atoms with Crippen LogP contribution in [0.5, 0.6) is 0 Å². The molecule has 1 heteroatoms. The second-order valence-electron chi connectivity index (χ2n) is 1.15. The normalized spacial score (nSPS) is 20.8. The molecule has 0 aromatic heterocycles. The van der Waals surface area contributed by atoms with Gasteiger partial charge in [-0.15, -0.1) is 0 Å². The van der Waals surface area contributed by atoms with Gasteiger partial charge >= 0.3 is 38.1 Å². The molecule has 0 atom stereocenters. The van der Waals surface area contributed by atoms with Crippen molar-refractivity contribution < 1.29 is 0 Å². The van der Waals surface area contributed by atoms with Crippen LogP contribution >= 0.6 is 0 Å². The van der Waals surface area contributed by atoms with E-state index in [4.69, 9.17) is 0 Å². The average Bonchev–Trinajstić information content (AvgIpc) is 1.76. The summed E-state index contributed by atoms with van der Waals surface area (Å²) in [4.78, 5) is 2.36. The summed E-state index contributed by atoms with van der Waals surface area (Å²) in [5.41, 5.74) is 0. The second kappa shape index (κ2) is 1.65. The van der Waals surface area contributed by atoms with E-state index in [0.717, 1.165) is 0 Å². The van der Waals surface area contributed by atoms with Crippen LogP contribution in [0.25, 0.3) is 0 Å². The topological polar surface area (TPSA) is 0 Å². The Kier molecular flexibility index (Phi) is 1.15. The van der Waals surface area contributed by atoms with Crippen molar-refractivity contribution in [3.8, 4) is 0 Å². The molecule has 1 rings (SSSR count). The molecule has 0 aliphatic carbocycles. The zero-order valence-corrected chi connectivity index (χ0v) is 5.17. The van der Waals surface area contributed by atoms with E-state index in [-0.39, 0.29) is 0 Å². The average molecular weight is 127 g/mol. The predicted octanol–water partition coefficient (Wildman–Crippen LogP) is 1.03. The molecular weight excluding hydrogens is 121 g/mol. The summed E-state index contributed by atoms with van der Waals surface area (Å²) >= 11 is 0.458. The van der Waals surface area contributed by atoms with E-state index in [0.29, 0.717) is 15.4 Å². The number of allylic oxidation sites excluding steroid dienone is 1. The van der Waals surface area contributed by atoms with Crippen LogP contribution in [-0.4, -0.2) is 15.4 Å². The van der Waals surface area contributed by atoms with Gasteiger partial charge in [-0.25, -0.2) is 0 Å². The van der Waals surface area contributed by atoms with Gasteiger partial charge in [-0.2, -0.15) is 0 Å². The molecule has 0 amide bonds. The Morgan fingerprint density at radius 1 is 1.60 bits per heavy atom.